The van der Waals surface area contributed by atoms with Gasteiger partial charge in [0.25, 0.3) is 0 Å². The maximum Gasteiger partial charge on any atom is 0.306 e. The molecule has 6 heteroatoms. The normalized spacial score (nSPS) is 24.9. The van der Waals surface area contributed by atoms with E-state index in [1.54, 1.807) is 0 Å². The molecule has 0 bridgehead atoms. The molecule has 20 heavy (non-hydrogen) atoms. The maximum atomic E-state index is 11.9. The van der Waals surface area contributed by atoms with E-state index in [9.17, 15) is 13.8 Å². The van der Waals surface area contributed by atoms with Crippen LogP contribution in [0.5, 0.6) is 0 Å². The molecule has 1 unspecified atom stereocenters. The molecule has 1 fully saturated rings. The van der Waals surface area contributed by atoms with Crippen molar-refractivity contribution >= 4 is 22.7 Å². The molecule has 1 saturated carbocycles. The number of rotatable bonds is 5. The summed E-state index contributed by atoms with van der Waals surface area (Å²) in [5, 5.41) is 11.7. The zero-order chi connectivity index (χ0) is 15.3. The Bertz CT molecular complexity index is 381. The monoisotopic (exact) mass is 303 g/mol. The summed E-state index contributed by atoms with van der Waals surface area (Å²) in [6.45, 7) is 6.16. The lowest BCUT2D eigenvalue weighted by Gasteiger charge is -2.25. The molecule has 0 aromatic heterocycles. The molecule has 0 heterocycles. The number of amides is 1. The third-order valence-electron chi connectivity index (χ3n) is 3.72. The Labute approximate surface area is 123 Å². The van der Waals surface area contributed by atoms with Crippen molar-refractivity contribution < 1.29 is 18.9 Å². The molecule has 0 aliphatic heterocycles. The van der Waals surface area contributed by atoms with Crippen molar-refractivity contribution in [3.63, 3.8) is 0 Å². The van der Waals surface area contributed by atoms with Gasteiger partial charge in [-0.25, -0.2) is 0 Å². The van der Waals surface area contributed by atoms with E-state index in [0.717, 1.165) is 0 Å². The topological polar surface area (TPSA) is 83.5 Å². The summed E-state index contributed by atoms with van der Waals surface area (Å²) in [4.78, 5) is 22.8. The Morgan fingerprint density at radius 1 is 1.15 bits per heavy atom. The minimum atomic E-state index is -0.963. The van der Waals surface area contributed by atoms with Crippen LogP contribution in [0.4, 0.5) is 0 Å². The fourth-order valence-electron chi connectivity index (χ4n) is 2.32. The predicted octanol–water partition coefficient (Wildman–Crippen LogP) is 1.54. The van der Waals surface area contributed by atoms with Gasteiger partial charge in [0.15, 0.2) is 0 Å². The molecule has 0 aromatic carbocycles. The van der Waals surface area contributed by atoms with Crippen LogP contribution in [-0.4, -0.2) is 38.2 Å². The standard InChI is InChI=1S/C14H25NO4S/c1-14(2,3)20(19)9-8-15-12(16)10-4-6-11(7-5-10)13(17)18/h10-11H,4-9H2,1-3H3,(H,15,16)(H,17,18). The van der Waals surface area contributed by atoms with Crippen molar-refractivity contribution in [1.82, 2.24) is 5.32 Å². The van der Waals surface area contributed by atoms with Crippen molar-refractivity contribution in [1.29, 1.82) is 0 Å². The largest absolute Gasteiger partial charge is 0.481 e. The fraction of sp³-hybridized carbons (Fsp3) is 0.857. The highest BCUT2D eigenvalue weighted by Crippen LogP contribution is 2.28. The summed E-state index contributed by atoms with van der Waals surface area (Å²) < 4.78 is 11.6. The number of carboxylic acids is 1. The molecule has 1 amide bonds. The van der Waals surface area contributed by atoms with Gasteiger partial charge < -0.3 is 10.4 Å². The Morgan fingerprint density at radius 3 is 2.10 bits per heavy atom. The van der Waals surface area contributed by atoms with Crippen LogP contribution in [0.25, 0.3) is 0 Å². The van der Waals surface area contributed by atoms with Gasteiger partial charge in [0, 0.05) is 33.8 Å². The second kappa shape index (κ2) is 7.20. The second-order valence-corrected chi connectivity index (χ2v) is 8.66. The van der Waals surface area contributed by atoms with Gasteiger partial charge in [0.05, 0.1) is 5.92 Å². The summed E-state index contributed by atoms with van der Waals surface area (Å²) in [7, 11) is -0.963. The number of hydrogen-bond donors (Lipinski definition) is 2. The molecule has 1 rings (SSSR count). The lowest BCUT2D eigenvalue weighted by atomic mass is 9.81. The molecule has 0 aromatic rings. The summed E-state index contributed by atoms with van der Waals surface area (Å²) in [6, 6.07) is 0. The first-order valence-corrected chi connectivity index (χ1v) is 8.42. The van der Waals surface area contributed by atoms with Crippen LogP contribution in [0.1, 0.15) is 46.5 Å². The average Bonchev–Trinajstić information content (AvgIpc) is 2.37. The summed E-state index contributed by atoms with van der Waals surface area (Å²) in [5.41, 5.74) is 0. The molecule has 0 spiro atoms. The molecule has 0 saturated heterocycles. The SMILES string of the molecule is CC(C)(C)S(=O)CCNC(=O)C1CCC(C(=O)O)CC1. The highest BCUT2D eigenvalue weighted by molar-refractivity contribution is 7.86. The second-order valence-electron chi connectivity index (χ2n) is 6.34. The van der Waals surface area contributed by atoms with Gasteiger partial charge >= 0.3 is 5.97 Å². The van der Waals surface area contributed by atoms with Crippen molar-refractivity contribution in [2.45, 2.75) is 51.2 Å². The average molecular weight is 303 g/mol. The zero-order valence-electron chi connectivity index (χ0n) is 12.5. The lowest BCUT2D eigenvalue weighted by molar-refractivity contribution is -0.144. The molecule has 0 radical (unpaired) electrons. The lowest BCUT2D eigenvalue weighted by Crippen LogP contribution is -2.37. The van der Waals surface area contributed by atoms with Gasteiger partial charge in [-0.1, -0.05) is 0 Å². The molecule has 116 valence electrons. The van der Waals surface area contributed by atoms with Crippen molar-refractivity contribution in [2.75, 3.05) is 12.3 Å². The molecular formula is C14H25NO4S. The molecule has 1 atom stereocenters. The van der Waals surface area contributed by atoms with Crippen molar-refractivity contribution in [3.05, 3.63) is 0 Å². The van der Waals surface area contributed by atoms with Gasteiger partial charge in [0.2, 0.25) is 5.91 Å². The summed E-state index contributed by atoms with van der Waals surface area (Å²) in [5.74, 6) is -0.718. The van der Waals surface area contributed by atoms with E-state index >= 15 is 0 Å². The third kappa shape index (κ3) is 5.23. The van der Waals surface area contributed by atoms with E-state index in [2.05, 4.69) is 5.32 Å². The van der Waals surface area contributed by atoms with Crippen LogP contribution in [0.2, 0.25) is 0 Å². The Hall–Kier alpha value is -0.910. The zero-order valence-corrected chi connectivity index (χ0v) is 13.3. The Balaban J connectivity index is 2.28. The summed E-state index contributed by atoms with van der Waals surface area (Å²) in [6.07, 6.45) is 2.40. The van der Waals surface area contributed by atoms with Crippen molar-refractivity contribution in [3.8, 4) is 0 Å². The van der Waals surface area contributed by atoms with Crippen LogP contribution in [-0.2, 0) is 20.4 Å². The van der Waals surface area contributed by atoms with Crippen LogP contribution >= 0.6 is 0 Å². The van der Waals surface area contributed by atoms with E-state index in [-0.39, 0.29) is 22.5 Å². The van der Waals surface area contributed by atoms with Crippen LogP contribution in [0.15, 0.2) is 0 Å². The molecule has 1 aliphatic rings. The minimum absolute atomic E-state index is 0.0280. The highest BCUT2D eigenvalue weighted by atomic mass is 32.2. The fourth-order valence-corrected chi connectivity index (χ4v) is 3.22. The first kappa shape index (κ1) is 17.1. The smallest absolute Gasteiger partial charge is 0.306 e. The molecular weight excluding hydrogens is 278 g/mol. The van der Waals surface area contributed by atoms with Gasteiger partial charge in [-0.2, -0.15) is 0 Å². The van der Waals surface area contributed by atoms with Crippen LogP contribution in [0, 0.1) is 11.8 Å². The maximum absolute atomic E-state index is 11.9. The quantitative estimate of drug-likeness (QED) is 0.807. The number of carbonyl (C=O) groups is 2. The Morgan fingerprint density at radius 2 is 1.65 bits per heavy atom. The molecule has 5 nitrogen and oxygen atoms in total. The third-order valence-corrected chi connectivity index (χ3v) is 5.66. The van der Waals surface area contributed by atoms with Crippen LogP contribution in [0.3, 0.4) is 0 Å². The van der Waals surface area contributed by atoms with Gasteiger partial charge in [-0.3, -0.25) is 13.8 Å². The number of carbonyl (C=O) groups excluding carboxylic acids is 1. The molecule has 2 N–H and O–H groups in total. The van der Waals surface area contributed by atoms with E-state index in [1.165, 1.54) is 0 Å². The highest BCUT2D eigenvalue weighted by Gasteiger charge is 2.29. The van der Waals surface area contributed by atoms with E-state index in [1.807, 2.05) is 20.8 Å². The number of hydrogen-bond acceptors (Lipinski definition) is 3. The van der Waals surface area contributed by atoms with E-state index in [0.29, 0.717) is 38.0 Å². The first-order chi connectivity index (χ1) is 9.21. The molecule has 1 aliphatic carbocycles. The number of carboxylic acid groups (broad SMARTS) is 1. The minimum Gasteiger partial charge on any atom is -0.481 e. The van der Waals surface area contributed by atoms with Gasteiger partial charge in [0.1, 0.15) is 0 Å². The number of aliphatic carboxylic acids is 1. The number of nitrogens with one attached hydrogen (secondary N) is 1. The van der Waals surface area contributed by atoms with Gasteiger partial charge in [-0.05, 0) is 46.5 Å². The van der Waals surface area contributed by atoms with Crippen molar-refractivity contribution in [2.24, 2.45) is 11.8 Å². The van der Waals surface area contributed by atoms with Gasteiger partial charge in [-0.15, -0.1) is 0 Å². The van der Waals surface area contributed by atoms with Crippen LogP contribution < -0.4 is 5.32 Å². The van der Waals surface area contributed by atoms with E-state index in [4.69, 9.17) is 5.11 Å². The predicted molar refractivity (Wildman–Crippen MR) is 78.9 cm³/mol. The Kier molecular flexibility index (Phi) is 6.17. The first-order valence-electron chi connectivity index (χ1n) is 7.11. The van der Waals surface area contributed by atoms with E-state index < -0.39 is 16.8 Å². The summed E-state index contributed by atoms with van der Waals surface area (Å²) >= 11 is 0.